The minimum Gasteiger partial charge on any atom is -0.497 e. The van der Waals surface area contributed by atoms with E-state index in [0.29, 0.717) is 31.1 Å². The van der Waals surface area contributed by atoms with Crippen LogP contribution in [0.1, 0.15) is 18.4 Å². The number of carbonyl (C=O) groups excluding carboxylic acids is 1. The third-order valence-corrected chi connectivity index (χ3v) is 8.32. The van der Waals surface area contributed by atoms with E-state index in [1.165, 1.54) is 9.87 Å². The van der Waals surface area contributed by atoms with E-state index in [9.17, 15) is 13.2 Å². The van der Waals surface area contributed by atoms with E-state index in [0.717, 1.165) is 38.2 Å². The first-order valence-corrected chi connectivity index (χ1v) is 12.6. The summed E-state index contributed by atoms with van der Waals surface area (Å²) in [5.41, 5.74) is 1.21. The van der Waals surface area contributed by atoms with Crippen LogP contribution in [0.2, 0.25) is 0 Å². The second kappa shape index (κ2) is 10.0. The van der Waals surface area contributed by atoms with Gasteiger partial charge in [0.1, 0.15) is 5.75 Å². The summed E-state index contributed by atoms with van der Waals surface area (Å²) in [4.78, 5) is 17.6. The minimum absolute atomic E-state index is 0.0221. The number of hydrogen-bond donors (Lipinski definition) is 0. The van der Waals surface area contributed by atoms with Crippen LogP contribution in [0.15, 0.2) is 59.5 Å². The smallest absolute Gasteiger partial charge is 0.243 e. The number of hydrogen-bond acceptors (Lipinski definition) is 5. The number of nitrogens with zero attached hydrogens (tertiary/aromatic N) is 3. The number of ether oxygens (including phenoxy) is 1. The molecule has 172 valence electrons. The molecule has 7 nitrogen and oxygen atoms in total. The number of carbonyl (C=O) groups is 1. The fourth-order valence-electron chi connectivity index (χ4n) is 4.52. The van der Waals surface area contributed by atoms with Gasteiger partial charge in [-0.15, -0.1) is 0 Å². The molecule has 32 heavy (non-hydrogen) atoms. The molecule has 0 N–H and O–H groups in total. The molecule has 0 unspecified atom stereocenters. The van der Waals surface area contributed by atoms with Crippen molar-refractivity contribution in [2.45, 2.75) is 24.3 Å². The lowest BCUT2D eigenvalue weighted by Crippen LogP contribution is -2.52. The predicted octanol–water partition coefficient (Wildman–Crippen LogP) is 2.44. The molecule has 2 heterocycles. The number of sulfonamides is 1. The Labute approximate surface area is 190 Å². The monoisotopic (exact) mass is 457 g/mol. The molecule has 2 aromatic carbocycles. The molecule has 0 aliphatic carbocycles. The molecule has 0 radical (unpaired) electrons. The first-order chi connectivity index (χ1) is 15.5. The van der Waals surface area contributed by atoms with E-state index in [4.69, 9.17) is 4.74 Å². The standard InChI is InChI=1S/C24H31N3O4S/c1-31-22-7-5-6-20(18-22)19-25-12-10-21(11-13-25)24(28)26-14-16-27(17-15-26)32(29,30)23-8-3-2-4-9-23/h2-9,18,21H,10-17,19H2,1H3. The molecule has 8 heteroatoms. The zero-order valence-electron chi connectivity index (χ0n) is 18.5. The van der Waals surface area contributed by atoms with Crippen molar-refractivity contribution in [3.63, 3.8) is 0 Å². The minimum atomic E-state index is -3.50. The fourth-order valence-corrected chi connectivity index (χ4v) is 5.96. The average Bonchev–Trinajstić information content (AvgIpc) is 2.85. The highest BCUT2D eigenvalue weighted by Gasteiger charge is 2.33. The Morgan fingerprint density at radius 2 is 1.62 bits per heavy atom. The highest BCUT2D eigenvalue weighted by Crippen LogP contribution is 2.24. The number of amides is 1. The van der Waals surface area contributed by atoms with Gasteiger partial charge in [-0.1, -0.05) is 30.3 Å². The summed E-state index contributed by atoms with van der Waals surface area (Å²) in [6.07, 6.45) is 1.68. The molecule has 0 atom stereocenters. The van der Waals surface area contributed by atoms with Crippen molar-refractivity contribution in [2.75, 3.05) is 46.4 Å². The van der Waals surface area contributed by atoms with Crippen LogP contribution >= 0.6 is 0 Å². The number of likely N-dealkylation sites (tertiary alicyclic amines) is 1. The second-order valence-electron chi connectivity index (χ2n) is 8.44. The van der Waals surface area contributed by atoms with Gasteiger partial charge in [0.05, 0.1) is 12.0 Å². The van der Waals surface area contributed by atoms with Gasteiger partial charge in [-0.2, -0.15) is 4.31 Å². The third kappa shape index (κ3) is 5.14. The Hall–Kier alpha value is -2.42. The molecule has 0 spiro atoms. The van der Waals surface area contributed by atoms with Crippen LogP contribution in [0.5, 0.6) is 5.75 Å². The molecule has 2 fully saturated rings. The maximum Gasteiger partial charge on any atom is 0.243 e. The number of piperidine rings is 1. The maximum absolute atomic E-state index is 13.1. The van der Waals surface area contributed by atoms with Crippen LogP contribution in [-0.4, -0.2) is 74.8 Å². The van der Waals surface area contributed by atoms with Crippen LogP contribution in [0.3, 0.4) is 0 Å². The first-order valence-electron chi connectivity index (χ1n) is 11.2. The lowest BCUT2D eigenvalue weighted by atomic mass is 9.94. The lowest BCUT2D eigenvalue weighted by molar-refractivity contribution is -0.138. The summed E-state index contributed by atoms with van der Waals surface area (Å²) in [5, 5.41) is 0. The Morgan fingerprint density at radius 3 is 2.28 bits per heavy atom. The van der Waals surface area contributed by atoms with Crippen LogP contribution in [0, 0.1) is 5.92 Å². The Balaban J connectivity index is 1.26. The van der Waals surface area contributed by atoms with Crippen molar-refractivity contribution >= 4 is 15.9 Å². The van der Waals surface area contributed by atoms with Crippen molar-refractivity contribution in [1.82, 2.24) is 14.1 Å². The van der Waals surface area contributed by atoms with Crippen LogP contribution < -0.4 is 4.74 Å². The number of benzene rings is 2. The Morgan fingerprint density at radius 1 is 0.938 bits per heavy atom. The van der Waals surface area contributed by atoms with E-state index in [1.807, 2.05) is 17.0 Å². The number of methoxy groups -OCH3 is 1. The molecule has 2 aliphatic heterocycles. The highest BCUT2D eigenvalue weighted by atomic mass is 32.2. The zero-order chi connectivity index (χ0) is 22.6. The Bertz CT molecular complexity index is 1010. The van der Waals surface area contributed by atoms with Crippen LogP contribution in [-0.2, 0) is 21.4 Å². The molecule has 4 rings (SSSR count). The molecule has 0 bridgehead atoms. The summed E-state index contributed by atoms with van der Waals surface area (Å²) >= 11 is 0. The summed E-state index contributed by atoms with van der Waals surface area (Å²) < 4.78 is 32.4. The van der Waals surface area contributed by atoms with Gasteiger partial charge in [0.15, 0.2) is 0 Å². The fraction of sp³-hybridized carbons (Fsp3) is 0.458. The maximum atomic E-state index is 13.1. The van der Waals surface area contributed by atoms with Crippen LogP contribution in [0.4, 0.5) is 0 Å². The van der Waals surface area contributed by atoms with Gasteiger partial charge in [0.2, 0.25) is 15.9 Å². The van der Waals surface area contributed by atoms with Gasteiger partial charge in [-0.3, -0.25) is 9.69 Å². The molecule has 0 aromatic heterocycles. The Kier molecular flexibility index (Phi) is 7.13. The van der Waals surface area contributed by atoms with Crippen molar-refractivity contribution in [3.8, 4) is 5.75 Å². The molecule has 0 saturated carbocycles. The van der Waals surface area contributed by atoms with Gasteiger partial charge in [-0.05, 0) is 55.8 Å². The van der Waals surface area contributed by atoms with Gasteiger partial charge < -0.3 is 9.64 Å². The molecular weight excluding hydrogens is 426 g/mol. The van der Waals surface area contributed by atoms with Gasteiger partial charge >= 0.3 is 0 Å². The van der Waals surface area contributed by atoms with Crippen molar-refractivity contribution in [1.29, 1.82) is 0 Å². The average molecular weight is 458 g/mol. The summed E-state index contributed by atoms with van der Waals surface area (Å²) in [6, 6.07) is 16.6. The third-order valence-electron chi connectivity index (χ3n) is 6.41. The normalized spacial score (nSPS) is 19.1. The summed E-state index contributed by atoms with van der Waals surface area (Å²) in [6.45, 7) is 4.22. The second-order valence-corrected chi connectivity index (χ2v) is 10.4. The predicted molar refractivity (Wildman–Crippen MR) is 123 cm³/mol. The van der Waals surface area contributed by atoms with E-state index in [1.54, 1.807) is 37.4 Å². The van der Waals surface area contributed by atoms with Crippen molar-refractivity contribution < 1.29 is 17.9 Å². The van der Waals surface area contributed by atoms with E-state index >= 15 is 0 Å². The molecule has 2 aromatic rings. The molecular formula is C24H31N3O4S. The summed E-state index contributed by atoms with van der Waals surface area (Å²) in [7, 11) is -1.82. The molecule has 1 amide bonds. The van der Waals surface area contributed by atoms with Gasteiger partial charge in [0, 0.05) is 38.6 Å². The molecule has 2 saturated heterocycles. The van der Waals surface area contributed by atoms with Crippen molar-refractivity contribution in [2.24, 2.45) is 5.92 Å². The quantitative estimate of drug-likeness (QED) is 0.667. The van der Waals surface area contributed by atoms with Gasteiger partial charge in [-0.25, -0.2) is 8.42 Å². The largest absolute Gasteiger partial charge is 0.497 e. The number of rotatable bonds is 6. The first kappa shape index (κ1) is 22.8. The van der Waals surface area contributed by atoms with Gasteiger partial charge in [0.25, 0.3) is 0 Å². The van der Waals surface area contributed by atoms with Crippen LogP contribution in [0.25, 0.3) is 0 Å². The van der Waals surface area contributed by atoms with E-state index in [-0.39, 0.29) is 11.8 Å². The summed E-state index contributed by atoms with van der Waals surface area (Å²) in [5.74, 6) is 1.05. The number of piperazine rings is 1. The molecule has 2 aliphatic rings. The SMILES string of the molecule is COc1cccc(CN2CCC(C(=O)N3CCN(S(=O)(=O)c4ccccc4)CC3)CC2)c1. The van der Waals surface area contributed by atoms with E-state index < -0.39 is 10.0 Å². The zero-order valence-corrected chi connectivity index (χ0v) is 19.3. The van der Waals surface area contributed by atoms with Crippen molar-refractivity contribution in [3.05, 3.63) is 60.2 Å². The highest BCUT2D eigenvalue weighted by molar-refractivity contribution is 7.89. The lowest BCUT2D eigenvalue weighted by Gasteiger charge is -2.38. The van der Waals surface area contributed by atoms with E-state index in [2.05, 4.69) is 17.0 Å². The topological polar surface area (TPSA) is 70.2 Å².